The van der Waals surface area contributed by atoms with Crippen LogP contribution in [0.5, 0.6) is 11.5 Å². The first-order chi connectivity index (χ1) is 7.83. The maximum absolute atomic E-state index is 13.3. The van der Waals surface area contributed by atoms with Gasteiger partial charge in [-0.3, -0.25) is 0 Å². The molecule has 18 heavy (non-hydrogen) atoms. The second-order valence-corrected chi connectivity index (χ2v) is 4.67. The Labute approximate surface area is 112 Å². The van der Waals surface area contributed by atoms with Gasteiger partial charge in [-0.1, -0.05) is 13.8 Å². The van der Waals surface area contributed by atoms with Gasteiger partial charge in [0.15, 0.2) is 11.5 Å². The fourth-order valence-corrected chi connectivity index (χ4v) is 1.51. The Bertz CT molecular complexity index is 413. The predicted molar refractivity (Wildman–Crippen MR) is 69.7 cm³/mol. The third kappa shape index (κ3) is 3.25. The number of phenols is 1. The standard InChI is InChI=1S/C12H18FNO3.ClH/c1-12(2,6-15)11(14)8-4-7(13)5-9(17-3)10(8)16;/h4-5,11,15-16H,6,14H2,1-3H3;1H/t11-;/m1./s1. The molecule has 0 fully saturated rings. The normalized spacial score (nSPS) is 12.8. The summed E-state index contributed by atoms with van der Waals surface area (Å²) in [5, 5.41) is 19.1. The van der Waals surface area contributed by atoms with Gasteiger partial charge >= 0.3 is 0 Å². The van der Waals surface area contributed by atoms with Crippen molar-refractivity contribution in [3.8, 4) is 11.5 Å². The van der Waals surface area contributed by atoms with E-state index in [1.165, 1.54) is 7.11 Å². The van der Waals surface area contributed by atoms with Gasteiger partial charge in [0.05, 0.1) is 7.11 Å². The lowest BCUT2D eigenvalue weighted by Gasteiger charge is -2.30. The molecule has 1 aromatic rings. The molecule has 0 aliphatic rings. The number of ether oxygens (including phenoxy) is 1. The number of hydrogen-bond acceptors (Lipinski definition) is 4. The average Bonchev–Trinajstić information content (AvgIpc) is 2.30. The monoisotopic (exact) mass is 279 g/mol. The number of aliphatic hydroxyl groups is 1. The fourth-order valence-electron chi connectivity index (χ4n) is 1.51. The molecule has 0 aliphatic heterocycles. The van der Waals surface area contributed by atoms with Crippen LogP contribution in [0.15, 0.2) is 12.1 Å². The molecule has 1 atom stereocenters. The van der Waals surface area contributed by atoms with E-state index in [0.29, 0.717) is 0 Å². The van der Waals surface area contributed by atoms with Crippen molar-refractivity contribution in [2.45, 2.75) is 19.9 Å². The van der Waals surface area contributed by atoms with Crippen LogP contribution in [0.3, 0.4) is 0 Å². The zero-order valence-corrected chi connectivity index (χ0v) is 11.4. The van der Waals surface area contributed by atoms with Crippen LogP contribution in [0, 0.1) is 11.2 Å². The number of rotatable bonds is 4. The van der Waals surface area contributed by atoms with Gasteiger partial charge in [0.25, 0.3) is 0 Å². The van der Waals surface area contributed by atoms with E-state index in [1.807, 2.05) is 0 Å². The van der Waals surface area contributed by atoms with Crippen LogP contribution in [0.1, 0.15) is 25.5 Å². The van der Waals surface area contributed by atoms with E-state index in [2.05, 4.69) is 0 Å². The van der Waals surface area contributed by atoms with Crippen molar-refractivity contribution in [3.63, 3.8) is 0 Å². The highest BCUT2D eigenvalue weighted by molar-refractivity contribution is 5.85. The molecule has 1 aromatic carbocycles. The van der Waals surface area contributed by atoms with Crippen molar-refractivity contribution in [1.29, 1.82) is 0 Å². The zero-order valence-electron chi connectivity index (χ0n) is 10.6. The van der Waals surface area contributed by atoms with Gasteiger partial charge in [-0.15, -0.1) is 12.4 Å². The summed E-state index contributed by atoms with van der Waals surface area (Å²) in [4.78, 5) is 0. The predicted octanol–water partition coefficient (Wildman–Crippen LogP) is 1.98. The van der Waals surface area contributed by atoms with E-state index in [-0.39, 0.29) is 36.1 Å². The summed E-state index contributed by atoms with van der Waals surface area (Å²) < 4.78 is 18.2. The van der Waals surface area contributed by atoms with E-state index in [1.54, 1.807) is 13.8 Å². The molecular formula is C12H19ClFNO3. The van der Waals surface area contributed by atoms with Crippen molar-refractivity contribution in [2.75, 3.05) is 13.7 Å². The molecule has 0 aliphatic carbocycles. The van der Waals surface area contributed by atoms with Crippen LogP contribution >= 0.6 is 12.4 Å². The maximum atomic E-state index is 13.3. The summed E-state index contributed by atoms with van der Waals surface area (Å²) in [5.41, 5.74) is 5.49. The Morgan fingerprint density at radius 2 is 2.00 bits per heavy atom. The quantitative estimate of drug-likeness (QED) is 0.788. The number of methoxy groups -OCH3 is 1. The van der Waals surface area contributed by atoms with Gasteiger partial charge < -0.3 is 20.7 Å². The molecule has 0 aromatic heterocycles. The van der Waals surface area contributed by atoms with Gasteiger partial charge in [0.2, 0.25) is 0 Å². The first-order valence-corrected chi connectivity index (χ1v) is 5.26. The Balaban J connectivity index is 0.00000289. The van der Waals surface area contributed by atoms with E-state index in [4.69, 9.17) is 10.5 Å². The minimum atomic E-state index is -0.697. The summed E-state index contributed by atoms with van der Waals surface area (Å²) in [6.07, 6.45) is 0. The average molecular weight is 280 g/mol. The van der Waals surface area contributed by atoms with Crippen molar-refractivity contribution >= 4 is 12.4 Å². The van der Waals surface area contributed by atoms with Crippen molar-refractivity contribution in [2.24, 2.45) is 11.1 Å². The van der Waals surface area contributed by atoms with Crippen LogP contribution in [0.2, 0.25) is 0 Å². The highest BCUT2D eigenvalue weighted by Gasteiger charge is 2.30. The van der Waals surface area contributed by atoms with Crippen LogP contribution in [-0.2, 0) is 0 Å². The molecule has 0 saturated heterocycles. The third-order valence-electron chi connectivity index (χ3n) is 2.87. The lowest BCUT2D eigenvalue weighted by atomic mass is 9.81. The smallest absolute Gasteiger partial charge is 0.163 e. The van der Waals surface area contributed by atoms with Crippen LogP contribution < -0.4 is 10.5 Å². The molecule has 4 nitrogen and oxygen atoms in total. The largest absolute Gasteiger partial charge is 0.504 e. The zero-order chi connectivity index (χ0) is 13.2. The van der Waals surface area contributed by atoms with Gasteiger partial charge in [0.1, 0.15) is 5.82 Å². The number of aromatic hydroxyl groups is 1. The first kappa shape index (κ1) is 17.0. The molecule has 4 N–H and O–H groups in total. The summed E-state index contributed by atoms with van der Waals surface area (Å²) in [6.45, 7) is 3.29. The van der Waals surface area contributed by atoms with Crippen LogP contribution in [0.4, 0.5) is 4.39 Å². The lowest BCUT2D eigenvalue weighted by Crippen LogP contribution is -2.32. The second-order valence-electron chi connectivity index (χ2n) is 4.67. The van der Waals surface area contributed by atoms with Crippen molar-refractivity contribution in [1.82, 2.24) is 0 Å². The SMILES string of the molecule is COc1cc(F)cc([C@@H](N)C(C)(C)CO)c1O.Cl. The fraction of sp³-hybridized carbons (Fsp3) is 0.500. The Hall–Kier alpha value is -1.04. The first-order valence-electron chi connectivity index (χ1n) is 5.26. The number of halogens is 2. The molecule has 104 valence electrons. The minimum absolute atomic E-state index is 0. The van der Waals surface area contributed by atoms with Gasteiger partial charge in [-0.25, -0.2) is 4.39 Å². The van der Waals surface area contributed by atoms with Crippen LogP contribution in [-0.4, -0.2) is 23.9 Å². The summed E-state index contributed by atoms with van der Waals surface area (Å²) in [5.74, 6) is -0.703. The third-order valence-corrected chi connectivity index (χ3v) is 2.87. The molecule has 0 spiro atoms. The van der Waals surface area contributed by atoms with Crippen LogP contribution in [0.25, 0.3) is 0 Å². The van der Waals surface area contributed by atoms with Gasteiger partial charge in [-0.05, 0) is 6.07 Å². The maximum Gasteiger partial charge on any atom is 0.163 e. The number of hydrogen-bond donors (Lipinski definition) is 3. The Morgan fingerprint density at radius 3 is 2.44 bits per heavy atom. The van der Waals surface area contributed by atoms with E-state index in [0.717, 1.165) is 12.1 Å². The molecule has 0 unspecified atom stereocenters. The van der Waals surface area contributed by atoms with Gasteiger partial charge in [-0.2, -0.15) is 0 Å². The summed E-state index contributed by atoms with van der Waals surface area (Å²) >= 11 is 0. The highest BCUT2D eigenvalue weighted by Crippen LogP contribution is 2.40. The minimum Gasteiger partial charge on any atom is -0.504 e. The summed E-state index contributed by atoms with van der Waals surface area (Å²) in [7, 11) is 1.33. The number of nitrogens with two attached hydrogens (primary N) is 1. The molecule has 0 heterocycles. The topological polar surface area (TPSA) is 75.7 Å². The lowest BCUT2D eigenvalue weighted by molar-refractivity contribution is 0.131. The van der Waals surface area contributed by atoms with E-state index < -0.39 is 17.3 Å². The molecular weight excluding hydrogens is 261 g/mol. The number of benzene rings is 1. The second kappa shape index (κ2) is 6.22. The Kier molecular flexibility index (Phi) is 5.86. The van der Waals surface area contributed by atoms with E-state index >= 15 is 0 Å². The molecule has 0 amide bonds. The molecule has 0 radical (unpaired) electrons. The molecule has 6 heteroatoms. The highest BCUT2D eigenvalue weighted by atomic mass is 35.5. The van der Waals surface area contributed by atoms with Crippen molar-refractivity contribution in [3.05, 3.63) is 23.5 Å². The molecule has 0 saturated carbocycles. The van der Waals surface area contributed by atoms with Gasteiger partial charge in [0, 0.05) is 29.7 Å². The number of aliphatic hydroxyl groups excluding tert-OH is 1. The molecule has 1 rings (SSSR count). The molecule has 0 bridgehead atoms. The number of phenolic OH excluding ortho intramolecular Hbond substituents is 1. The van der Waals surface area contributed by atoms with E-state index in [9.17, 15) is 14.6 Å². The Morgan fingerprint density at radius 1 is 1.44 bits per heavy atom. The summed E-state index contributed by atoms with van der Waals surface area (Å²) in [6, 6.07) is 1.54. The van der Waals surface area contributed by atoms with Crippen molar-refractivity contribution < 1.29 is 19.3 Å².